The fourth-order valence-electron chi connectivity index (χ4n) is 1.71. The van der Waals surface area contributed by atoms with E-state index < -0.39 is 11.5 Å². The predicted molar refractivity (Wildman–Crippen MR) is 64.2 cm³/mol. The fourth-order valence-corrected chi connectivity index (χ4v) is 1.71. The SMILES string of the molecule is CC(C)(N)C(CC(=O)O)Cc1ccccc1. The Hall–Kier alpha value is -1.35. The Labute approximate surface area is 96.3 Å². The van der Waals surface area contributed by atoms with Crippen LogP contribution in [0.2, 0.25) is 0 Å². The minimum atomic E-state index is -0.792. The van der Waals surface area contributed by atoms with Gasteiger partial charge in [-0.15, -0.1) is 0 Å². The lowest BCUT2D eigenvalue weighted by atomic mass is 9.81. The number of rotatable bonds is 5. The van der Waals surface area contributed by atoms with Crippen molar-refractivity contribution >= 4 is 5.97 Å². The van der Waals surface area contributed by atoms with Crippen LogP contribution < -0.4 is 5.73 Å². The Balaban J connectivity index is 2.75. The molecule has 0 spiro atoms. The first-order valence-electron chi connectivity index (χ1n) is 5.44. The molecule has 1 rings (SSSR count). The Kier molecular flexibility index (Phi) is 4.07. The predicted octanol–water partition coefficient (Wildman–Crippen LogP) is 2.06. The number of carboxylic acid groups (broad SMARTS) is 1. The van der Waals surface area contributed by atoms with Gasteiger partial charge in [-0.25, -0.2) is 0 Å². The second kappa shape index (κ2) is 5.12. The molecule has 0 radical (unpaired) electrons. The van der Waals surface area contributed by atoms with Crippen LogP contribution in [-0.4, -0.2) is 16.6 Å². The van der Waals surface area contributed by atoms with Crippen molar-refractivity contribution in [3.05, 3.63) is 35.9 Å². The van der Waals surface area contributed by atoms with Crippen molar-refractivity contribution in [2.45, 2.75) is 32.2 Å². The highest BCUT2D eigenvalue weighted by molar-refractivity contribution is 5.67. The molecule has 0 fully saturated rings. The number of carboxylic acids is 1. The molecule has 1 unspecified atom stereocenters. The Morgan fingerprint density at radius 1 is 1.38 bits per heavy atom. The van der Waals surface area contributed by atoms with Gasteiger partial charge in [0.05, 0.1) is 6.42 Å². The second-order valence-electron chi connectivity index (χ2n) is 4.81. The molecule has 0 bridgehead atoms. The van der Waals surface area contributed by atoms with Gasteiger partial charge >= 0.3 is 5.97 Å². The first kappa shape index (κ1) is 12.7. The zero-order valence-electron chi connectivity index (χ0n) is 9.81. The van der Waals surface area contributed by atoms with E-state index in [1.165, 1.54) is 0 Å². The molecule has 0 aliphatic carbocycles. The van der Waals surface area contributed by atoms with E-state index in [-0.39, 0.29) is 12.3 Å². The molecule has 0 saturated heterocycles. The Morgan fingerprint density at radius 2 is 1.94 bits per heavy atom. The van der Waals surface area contributed by atoms with E-state index in [4.69, 9.17) is 10.8 Å². The van der Waals surface area contributed by atoms with E-state index >= 15 is 0 Å². The molecule has 88 valence electrons. The molecule has 0 aromatic heterocycles. The number of hydrogen-bond acceptors (Lipinski definition) is 2. The third kappa shape index (κ3) is 4.03. The van der Waals surface area contributed by atoms with Crippen LogP contribution >= 0.6 is 0 Å². The van der Waals surface area contributed by atoms with Gasteiger partial charge < -0.3 is 10.8 Å². The maximum Gasteiger partial charge on any atom is 0.303 e. The molecule has 1 aromatic rings. The highest BCUT2D eigenvalue weighted by atomic mass is 16.4. The number of aliphatic carboxylic acids is 1. The molecule has 3 heteroatoms. The fraction of sp³-hybridized carbons (Fsp3) is 0.462. The number of nitrogens with two attached hydrogens (primary N) is 1. The molecule has 16 heavy (non-hydrogen) atoms. The number of hydrogen-bond donors (Lipinski definition) is 2. The molecule has 3 N–H and O–H groups in total. The van der Waals surface area contributed by atoms with E-state index in [2.05, 4.69) is 0 Å². The lowest BCUT2D eigenvalue weighted by Gasteiger charge is -2.29. The van der Waals surface area contributed by atoms with Gasteiger partial charge in [-0.1, -0.05) is 30.3 Å². The molecule has 1 aromatic carbocycles. The zero-order valence-corrected chi connectivity index (χ0v) is 9.81. The van der Waals surface area contributed by atoms with Crippen molar-refractivity contribution in [3.8, 4) is 0 Å². The summed E-state index contributed by atoms with van der Waals surface area (Å²) < 4.78 is 0. The summed E-state index contributed by atoms with van der Waals surface area (Å²) in [6.45, 7) is 3.76. The topological polar surface area (TPSA) is 63.3 Å². The summed E-state index contributed by atoms with van der Waals surface area (Å²) >= 11 is 0. The van der Waals surface area contributed by atoms with Gasteiger partial charge in [0, 0.05) is 5.54 Å². The van der Waals surface area contributed by atoms with Crippen molar-refractivity contribution in [1.29, 1.82) is 0 Å². The summed E-state index contributed by atoms with van der Waals surface area (Å²) in [5.74, 6) is -0.841. The summed E-state index contributed by atoms with van der Waals surface area (Å²) in [6.07, 6.45) is 0.815. The van der Waals surface area contributed by atoms with E-state index in [1.54, 1.807) is 0 Å². The van der Waals surface area contributed by atoms with Gasteiger partial charge in [0.25, 0.3) is 0 Å². The van der Waals surface area contributed by atoms with Crippen LogP contribution in [0.1, 0.15) is 25.8 Å². The van der Waals surface area contributed by atoms with Crippen molar-refractivity contribution in [2.24, 2.45) is 11.7 Å². The molecular weight excluding hydrogens is 202 g/mol. The summed E-state index contributed by atoms with van der Waals surface area (Å²) in [7, 11) is 0. The highest BCUT2D eigenvalue weighted by Gasteiger charge is 2.27. The minimum Gasteiger partial charge on any atom is -0.481 e. The van der Waals surface area contributed by atoms with Crippen molar-refractivity contribution in [3.63, 3.8) is 0 Å². The maximum atomic E-state index is 10.8. The van der Waals surface area contributed by atoms with Crippen LogP contribution in [0.15, 0.2) is 30.3 Å². The molecule has 0 heterocycles. The van der Waals surface area contributed by atoms with Crippen LogP contribution in [0.5, 0.6) is 0 Å². The van der Waals surface area contributed by atoms with E-state index in [1.807, 2.05) is 44.2 Å². The third-order valence-electron chi connectivity index (χ3n) is 2.80. The summed E-state index contributed by atoms with van der Waals surface area (Å²) in [5.41, 5.74) is 6.67. The smallest absolute Gasteiger partial charge is 0.303 e. The minimum absolute atomic E-state index is 0.0487. The lowest BCUT2D eigenvalue weighted by molar-refractivity contribution is -0.138. The quantitative estimate of drug-likeness (QED) is 0.800. The van der Waals surface area contributed by atoms with Crippen LogP contribution in [0.25, 0.3) is 0 Å². The van der Waals surface area contributed by atoms with E-state index in [0.29, 0.717) is 6.42 Å². The standard InChI is InChI=1S/C13H19NO2/c1-13(2,14)11(9-12(15)16)8-10-6-4-3-5-7-10/h3-7,11H,8-9,14H2,1-2H3,(H,15,16). The van der Waals surface area contributed by atoms with Gasteiger partial charge in [-0.3, -0.25) is 4.79 Å². The van der Waals surface area contributed by atoms with Gasteiger partial charge in [-0.05, 0) is 31.7 Å². The lowest BCUT2D eigenvalue weighted by Crippen LogP contribution is -2.43. The van der Waals surface area contributed by atoms with E-state index in [9.17, 15) is 4.79 Å². The van der Waals surface area contributed by atoms with Crippen molar-refractivity contribution < 1.29 is 9.90 Å². The Morgan fingerprint density at radius 3 is 2.38 bits per heavy atom. The van der Waals surface area contributed by atoms with Crippen LogP contribution in [0.4, 0.5) is 0 Å². The average Bonchev–Trinajstić information content (AvgIpc) is 2.16. The molecule has 1 atom stereocenters. The maximum absolute atomic E-state index is 10.8. The van der Waals surface area contributed by atoms with Gasteiger partial charge in [0.1, 0.15) is 0 Å². The Bertz CT molecular complexity index is 341. The first-order valence-corrected chi connectivity index (χ1v) is 5.44. The monoisotopic (exact) mass is 221 g/mol. The van der Waals surface area contributed by atoms with Gasteiger partial charge in [-0.2, -0.15) is 0 Å². The summed E-state index contributed by atoms with van der Waals surface area (Å²) in [4.78, 5) is 10.8. The molecule has 0 aliphatic rings. The average molecular weight is 221 g/mol. The number of carbonyl (C=O) groups is 1. The molecule has 0 saturated carbocycles. The van der Waals surface area contributed by atoms with Gasteiger partial charge in [0.15, 0.2) is 0 Å². The first-order chi connectivity index (χ1) is 7.39. The van der Waals surface area contributed by atoms with Crippen molar-refractivity contribution in [1.82, 2.24) is 0 Å². The van der Waals surface area contributed by atoms with E-state index in [0.717, 1.165) is 5.56 Å². The largest absolute Gasteiger partial charge is 0.481 e. The van der Waals surface area contributed by atoms with Crippen LogP contribution in [0, 0.1) is 5.92 Å². The summed E-state index contributed by atoms with van der Waals surface area (Å²) in [6, 6.07) is 9.86. The zero-order chi connectivity index (χ0) is 12.2. The second-order valence-corrected chi connectivity index (χ2v) is 4.81. The highest BCUT2D eigenvalue weighted by Crippen LogP contribution is 2.22. The molecular formula is C13H19NO2. The van der Waals surface area contributed by atoms with Crippen molar-refractivity contribution in [2.75, 3.05) is 0 Å². The van der Waals surface area contributed by atoms with Gasteiger partial charge in [0.2, 0.25) is 0 Å². The molecule has 3 nitrogen and oxygen atoms in total. The molecule has 0 amide bonds. The number of benzene rings is 1. The summed E-state index contributed by atoms with van der Waals surface area (Å²) in [5, 5.41) is 8.87. The van der Waals surface area contributed by atoms with Crippen LogP contribution in [0.3, 0.4) is 0 Å². The third-order valence-corrected chi connectivity index (χ3v) is 2.80. The van der Waals surface area contributed by atoms with Crippen LogP contribution in [-0.2, 0) is 11.2 Å². The molecule has 0 aliphatic heterocycles. The normalized spacial score (nSPS) is 13.4.